The molecule has 0 spiro atoms. The Labute approximate surface area is 162 Å². The molecule has 2 N–H and O–H groups in total. The van der Waals surface area contributed by atoms with Crippen LogP contribution in [0.4, 0.5) is 5.69 Å². The van der Waals surface area contributed by atoms with Crippen molar-refractivity contribution in [1.29, 1.82) is 0 Å². The summed E-state index contributed by atoms with van der Waals surface area (Å²) < 4.78 is 10.8. The Hall–Kier alpha value is -3.61. The summed E-state index contributed by atoms with van der Waals surface area (Å²) >= 11 is 0. The summed E-state index contributed by atoms with van der Waals surface area (Å²) in [6, 6.07) is 13.9. The van der Waals surface area contributed by atoms with E-state index in [0.29, 0.717) is 29.4 Å². The predicted octanol–water partition coefficient (Wildman–Crippen LogP) is 3.66. The molecule has 1 amide bonds. The average molecular weight is 379 g/mol. The first-order valence-corrected chi connectivity index (χ1v) is 8.92. The van der Waals surface area contributed by atoms with Crippen LogP contribution in [-0.4, -0.2) is 34.6 Å². The molecule has 7 heteroatoms. The SMILES string of the molecule is CCOc1ccccc1NC(=O)C(C)OC(=O)c1ccc(-c2ncc[nH]2)cc1. The van der Waals surface area contributed by atoms with Crippen molar-refractivity contribution in [3.05, 3.63) is 66.5 Å². The molecule has 0 saturated carbocycles. The number of imidazole rings is 1. The summed E-state index contributed by atoms with van der Waals surface area (Å²) in [4.78, 5) is 31.9. The number of hydrogen-bond acceptors (Lipinski definition) is 5. The van der Waals surface area contributed by atoms with E-state index in [1.54, 1.807) is 54.9 Å². The number of esters is 1. The zero-order valence-electron chi connectivity index (χ0n) is 15.6. The van der Waals surface area contributed by atoms with Crippen molar-refractivity contribution in [2.24, 2.45) is 0 Å². The van der Waals surface area contributed by atoms with Gasteiger partial charge in [-0.05, 0) is 38.1 Å². The van der Waals surface area contributed by atoms with Gasteiger partial charge < -0.3 is 19.8 Å². The number of hydrogen-bond donors (Lipinski definition) is 2. The van der Waals surface area contributed by atoms with Gasteiger partial charge in [-0.3, -0.25) is 4.79 Å². The van der Waals surface area contributed by atoms with E-state index < -0.39 is 18.0 Å². The minimum Gasteiger partial charge on any atom is -0.492 e. The van der Waals surface area contributed by atoms with Crippen LogP contribution in [0.1, 0.15) is 24.2 Å². The van der Waals surface area contributed by atoms with E-state index in [1.807, 2.05) is 13.0 Å². The smallest absolute Gasteiger partial charge is 0.338 e. The van der Waals surface area contributed by atoms with Crippen molar-refractivity contribution < 1.29 is 19.1 Å². The summed E-state index contributed by atoms with van der Waals surface area (Å²) in [5.74, 6) is 0.255. The van der Waals surface area contributed by atoms with Gasteiger partial charge in [0.2, 0.25) is 0 Å². The van der Waals surface area contributed by atoms with Gasteiger partial charge in [-0.15, -0.1) is 0 Å². The number of carbonyl (C=O) groups excluding carboxylic acids is 2. The Morgan fingerprint density at radius 1 is 1.14 bits per heavy atom. The van der Waals surface area contributed by atoms with Gasteiger partial charge in [-0.1, -0.05) is 24.3 Å². The number of H-pyrrole nitrogens is 1. The Kier molecular flexibility index (Phi) is 6.06. The summed E-state index contributed by atoms with van der Waals surface area (Å²) in [6.45, 7) is 3.86. The normalized spacial score (nSPS) is 11.5. The van der Waals surface area contributed by atoms with Gasteiger partial charge in [0.25, 0.3) is 5.91 Å². The fourth-order valence-electron chi connectivity index (χ4n) is 2.56. The molecule has 1 aromatic heterocycles. The standard InChI is InChI=1S/C21H21N3O4/c1-3-27-18-7-5-4-6-17(18)24-20(25)14(2)28-21(26)16-10-8-15(9-11-16)19-22-12-13-23-19/h4-14H,3H2,1-2H3,(H,22,23)(H,24,25). The summed E-state index contributed by atoms with van der Waals surface area (Å²) in [6.07, 6.45) is 2.41. The van der Waals surface area contributed by atoms with Gasteiger partial charge >= 0.3 is 5.97 Å². The molecule has 7 nitrogen and oxygen atoms in total. The number of aromatic amines is 1. The maximum atomic E-state index is 12.4. The monoisotopic (exact) mass is 379 g/mol. The number of nitrogens with one attached hydrogen (secondary N) is 2. The number of amides is 1. The Morgan fingerprint density at radius 2 is 1.89 bits per heavy atom. The number of benzene rings is 2. The van der Waals surface area contributed by atoms with Crippen LogP contribution < -0.4 is 10.1 Å². The molecular formula is C21H21N3O4. The van der Waals surface area contributed by atoms with E-state index in [9.17, 15) is 9.59 Å². The molecule has 3 rings (SSSR count). The predicted molar refractivity (Wildman–Crippen MR) is 105 cm³/mol. The molecule has 3 aromatic rings. The molecule has 0 aliphatic carbocycles. The minimum absolute atomic E-state index is 0.352. The number of para-hydroxylation sites is 2. The van der Waals surface area contributed by atoms with Crippen LogP contribution >= 0.6 is 0 Å². The van der Waals surface area contributed by atoms with E-state index >= 15 is 0 Å². The molecule has 2 aromatic carbocycles. The molecule has 1 atom stereocenters. The van der Waals surface area contributed by atoms with Gasteiger partial charge in [0.15, 0.2) is 6.10 Å². The second kappa shape index (κ2) is 8.85. The summed E-state index contributed by atoms with van der Waals surface area (Å²) in [5, 5.41) is 2.73. The van der Waals surface area contributed by atoms with Crippen molar-refractivity contribution in [3.63, 3.8) is 0 Å². The lowest BCUT2D eigenvalue weighted by molar-refractivity contribution is -0.123. The third kappa shape index (κ3) is 4.56. The molecule has 0 aliphatic heterocycles. The van der Waals surface area contributed by atoms with Crippen molar-refractivity contribution >= 4 is 17.6 Å². The third-order valence-electron chi connectivity index (χ3n) is 3.99. The van der Waals surface area contributed by atoms with Crippen LogP contribution in [0.3, 0.4) is 0 Å². The number of nitrogens with zero attached hydrogens (tertiary/aromatic N) is 1. The van der Waals surface area contributed by atoms with Crippen LogP contribution in [0.15, 0.2) is 60.9 Å². The maximum absolute atomic E-state index is 12.4. The molecule has 0 saturated heterocycles. The number of ether oxygens (including phenoxy) is 2. The molecular weight excluding hydrogens is 358 g/mol. The van der Waals surface area contributed by atoms with E-state index in [4.69, 9.17) is 9.47 Å². The highest BCUT2D eigenvalue weighted by Crippen LogP contribution is 2.24. The van der Waals surface area contributed by atoms with Crippen molar-refractivity contribution in [2.45, 2.75) is 20.0 Å². The molecule has 144 valence electrons. The van der Waals surface area contributed by atoms with Crippen LogP contribution in [0, 0.1) is 0 Å². The van der Waals surface area contributed by atoms with Crippen LogP contribution in [-0.2, 0) is 9.53 Å². The molecule has 1 unspecified atom stereocenters. The van der Waals surface area contributed by atoms with Crippen LogP contribution in [0.5, 0.6) is 5.75 Å². The largest absolute Gasteiger partial charge is 0.492 e. The first kappa shape index (κ1) is 19.2. The Morgan fingerprint density at radius 3 is 2.57 bits per heavy atom. The fraction of sp³-hybridized carbons (Fsp3) is 0.190. The second-order valence-corrected chi connectivity index (χ2v) is 5.98. The van der Waals surface area contributed by atoms with Gasteiger partial charge in [-0.25, -0.2) is 9.78 Å². The number of aromatic nitrogens is 2. The van der Waals surface area contributed by atoms with Crippen LogP contribution in [0.25, 0.3) is 11.4 Å². The van der Waals surface area contributed by atoms with E-state index in [2.05, 4.69) is 15.3 Å². The fourth-order valence-corrected chi connectivity index (χ4v) is 2.56. The van der Waals surface area contributed by atoms with Crippen LogP contribution in [0.2, 0.25) is 0 Å². The zero-order chi connectivity index (χ0) is 19.9. The van der Waals surface area contributed by atoms with E-state index in [-0.39, 0.29) is 0 Å². The quantitative estimate of drug-likeness (QED) is 0.611. The Bertz CT molecular complexity index is 937. The first-order chi connectivity index (χ1) is 13.6. The maximum Gasteiger partial charge on any atom is 0.338 e. The summed E-state index contributed by atoms with van der Waals surface area (Å²) in [5.41, 5.74) is 1.73. The van der Waals surface area contributed by atoms with Gasteiger partial charge in [-0.2, -0.15) is 0 Å². The minimum atomic E-state index is -0.966. The van der Waals surface area contributed by atoms with E-state index in [0.717, 1.165) is 5.56 Å². The molecule has 0 aliphatic rings. The number of anilines is 1. The van der Waals surface area contributed by atoms with Gasteiger partial charge in [0.05, 0.1) is 17.9 Å². The second-order valence-electron chi connectivity index (χ2n) is 5.98. The third-order valence-corrected chi connectivity index (χ3v) is 3.99. The highest BCUT2D eigenvalue weighted by molar-refractivity contribution is 5.98. The lowest BCUT2D eigenvalue weighted by Gasteiger charge is -2.15. The molecule has 1 heterocycles. The zero-order valence-corrected chi connectivity index (χ0v) is 15.6. The average Bonchev–Trinajstić information content (AvgIpc) is 3.24. The van der Waals surface area contributed by atoms with E-state index in [1.165, 1.54) is 6.92 Å². The lowest BCUT2D eigenvalue weighted by atomic mass is 10.1. The number of carbonyl (C=O) groups is 2. The highest BCUT2D eigenvalue weighted by atomic mass is 16.5. The Balaban J connectivity index is 1.61. The van der Waals surface area contributed by atoms with Crippen molar-refractivity contribution in [3.8, 4) is 17.1 Å². The molecule has 28 heavy (non-hydrogen) atoms. The highest BCUT2D eigenvalue weighted by Gasteiger charge is 2.20. The molecule has 0 bridgehead atoms. The van der Waals surface area contributed by atoms with Gasteiger partial charge in [0, 0.05) is 18.0 Å². The topological polar surface area (TPSA) is 93.3 Å². The van der Waals surface area contributed by atoms with Crippen molar-refractivity contribution in [1.82, 2.24) is 9.97 Å². The van der Waals surface area contributed by atoms with Gasteiger partial charge in [0.1, 0.15) is 11.6 Å². The molecule has 0 radical (unpaired) electrons. The lowest BCUT2D eigenvalue weighted by Crippen LogP contribution is -2.30. The first-order valence-electron chi connectivity index (χ1n) is 8.92. The number of rotatable bonds is 7. The summed E-state index contributed by atoms with van der Waals surface area (Å²) in [7, 11) is 0. The molecule has 0 fully saturated rings. The van der Waals surface area contributed by atoms with Crippen molar-refractivity contribution in [2.75, 3.05) is 11.9 Å².